The summed E-state index contributed by atoms with van der Waals surface area (Å²) in [4.78, 5) is 28.0. The standard InChI is InChI=1S/C16H20N2O4/c1-22-14-5-3-2-4-11(14)9-17-10-15(20)18-7-6-12(19)8-13(18)16(17)21/h2-5,12-13,19H,6-10H2,1H3/t12-,13+/m1/s1. The summed E-state index contributed by atoms with van der Waals surface area (Å²) in [7, 11) is 1.58. The van der Waals surface area contributed by atoms with E-state index in [1.54, 1.807) is 16.9 Å². The van der Waals surface area contributed by atoms with E-state index >= 15 is 0 Å². The smallest absolute Gasteiger partial charge is 0.246 e. The Hall–Kier alpha value is -2.08. The summed E-state index contributed by atoms with van der Waals surface area (Å²) in [5.41, 5.74) is 0.871. The fourth-order valence-electron chi connectivity index (χ4n) is 3.20. The van der Waals surface area contributed by atoms with Crippen molar-refractivity contribution in [1.29, 1.82) is 0 Å². The zero-order chi connectivity index (χ0) is 15.7. The van der Waals surface area contributed by atoms with Crippen molar-refractivity contribution in [3.63, 3.8) is 0 Å². The molecule has 0 bridgehead atoms. The molecule has 0 radical (unpaired) electrons. The molecule has 3 rings (SSSR count). The lowest BCUT2D eigenvalue weighted by molar-refractivity contribution is -0.160. The van der Waals surface area contributed by atoms with Gasteiger partial charge in [0.05, 0.1) is 13.2 Å². The van der Waals surface area contributed by atoms with Crippen molar-refractivity contribution < 1.29 is 19.4 Å². The second-order valence-corrected chi connectivity index (χ2v) is 5.79. The highest BCUT2D eigenvalue weighted by atomic mass is 16.5. The molecule has 118 valence electrons. The molecule has 0 saturated carbocycles. The monoisotopic (exact) mass is 304 g/mol. The molecule has 6 heteroatoms. The number of fused-ring (bicyclic) bond motifs is 1. The van der Waals surface area contributed by atoms with Gasteiger partial charge in [0, 0.05) is 25.1 Å². The van der Waals surface area contributed by atoms with Gasteiger partial charge in [-0.25, -0.2) is 0 Å². The number of amides is 2. The Morgan fingerprint density at radius 2 is 2.09 bits per heavy atom. The minimum atomic E-state index is -0.528. The quantitative estimate of drug-likeness (QED) is 0.877. The Bertz CT molecular complexity index is 589. The maximum Gasteiger partial charge on any atom is 0.246 e. The third-order valence-corrected chi connectivity index (χ3v) is 4.37. The van der Waals surface area contributed by atoms with Gasteiger partial charge in [-0.05, 0) is 12.5 Å². The molecular weight excluding hydrogens is 284 g/mol. The van der Waals surface area contributed by atoms with Gasteiger partial charge >= 0.3 is 0 Å². The molecule has 0 aliphatic carbocycles. The average Bonchev–Trinajstić information content (AvgIpc) is 2.52. The molecular formula is C16H20N2O4. The molecule has 0 spiro atoms. The molecule has 2 aliphatic heterocycles. The van der Waals surface area contributed by atoms with E-state index in [-0.39, 0.29) is 18.4 Å². The average molecular weight is 304 g/mol. The van der Waals surface area contributed by atoms with Gasteiger partial charge in [0.25, 0.3) is 0 Å². The first-order chi connectivity index (χ1) is 10.6. The number of aliphatic hydroxyl groups is 1. The van der Waals surface area contributed by atoms with Crippen LogP contribution in [0.5, 0.6) is 5.75 Å². The molecule has 2 amide bonds. The van der Waals surface area contributed by atoms with Crippen LogP contribution in [0.1, 0.15) is 18.4 Å². The predicted molar refractivity (Wildman–Crippen MR) is 79.2 cm³/mol. The predicted octanol–water partition coefficient (Wildman–Crippen LogP) is 0.389. The van der Waals surface area contributed by atoms with Crippen molar-refractivity contribution in [2.45, 2.75) is 31.5 Å². The van der Waals surface area contributed by atoms with Crippen LogP contribution in [0.4, 0.5) is 0 Å². The van der Waals surface area contributed by atoms with Crippen LogP contribution >= 0.6 is 0 Å². The third-order valence-electron chi connectivity index (χ3n) is 4.37. The highest BCUT2D eigenvalue weighted by molar-refractivity contribution is 5.95. The molecule has 2 fully saturated rings. The fraction of sp³-hybridized carbons (Fsp3) is 0.500. The Labute approximate surface area is 129 Å². The maximum absolute atomic E-state index is 12.6. The molecule has 1 N–H and O–H groups in total. The van der Waals surface area contributed by atoms with Gasteiger partial charge in [0.1, 0.15) is 18.3 Å². The Balaban J connectivity index is 1.80. The van der Waals surface area contributed by atoms with Gasteiger partial charge < -0.3 is 19.6 Å². The van der Waals surface area contributed by atoms with Crippen LogP contribution < -0.4 is 4.74 Å². The molecule has 22 heavy (non-hydrogen) atoms. The number of aliphatic hydroxyl groups excluding tert-OH is 1. The van der Waals surface area contributed by atoms with Gasteiger partial charge in [-0.3, -0.25) is 9.59 Å². The Morgan fingerprint density at radius 1 is 1.32 bits per heavy atom. The number of carbonyl (C=O) groups is 2. The lowest BCUT2D eigenvalue weighted by Crippen LogP contribution is -2.62. The Morgan fingerprint density at radius 3 is 2.86 bits per heavy atom. The van der Waals surface area contributed by atoms with E-state index in [4.69, 9.17) is 4.74 Å². The van der Waals surface area contributed by atoms with Gasteiger partial charge in [-0.1, -0.05) is 18.2 Å². The van der Waals surface area contributed by atoms with Crippen molar-refractivity contribution in [3.05, 3.63) is 29.8 Å². The molecule has 2 saturated heterocycles. The SMILES string of the molecule is COc1ccccc1CN1CC(=O)N2CC[C@@H](O)C[C@H]2C1=O. The topological polar surface area (TPSA) is 70.1 Å². The summed E-state index contributed by atoms with van der Waals surface area (Å²) in [6, 6.07) is 6.94. The number of ether oxygens (including phenoxy) is 1. The van der Waals surface area contributed by atoms with E-state index in [1.807, 2.05) is 24.3 Å². The van der Waals surface area contributed by atoms with E-state index in [9.17, 15) is 14.7 Å². The second-order valence-electron chi connectivity index (χ2n) is 5.79. The normalized spacial score (nSPS) is 25.2. The van der Waals surface area contributed by atoms with Crippen LogP contribution in [0, 0.1) is 0 Å². The van der Waals surface area contributed by atoms with Crippen molar-refractivity contribution >= 4 is 11.8 Å². The minimum Gasteiger partial charge on any atom is -0.496 e. The summed E-state index contributed by atoms with van der Waals surface area (Å²) >= 11 is 0. The molecule has 2 aliphatic rings. The summed E-state index contributed by atoms with van der Waals surface area (Å²) < 4.78 is 5.30. The minimum absolute atomic E-state index is 0.0496. The number of hydrogen-bond donors (Lipinski definition) is 1. The molecule has 0 unspecified atom stereocenters. The van der Waals surface area contributed by atoms with Gasteiger partial charge in [-0.2, -0.15) is 0 Å². The number of hydrogen-bond acceptors (Lipinski definition) is 4. The summed E-state index contributed by atoms with van der Waals surface area (Å²) in [5.74, 6) is 0.560. The van der Waals surface area contributed by atoms with Crippen LogP contribution in [0.25, 0.3) is 0 Å². The highest BCUT2D eigenvalue weighted by Gasteiger charge is 2.42. The van der Waals surface area contributed by atoms with Gasteiger partial charge in [0.2, 0.25) is 11.8 Å². The van der Waals surface area contributed by atoms with E-state index in [0.717, 1.165) is 5.56 Å². The molecule has 1 aromatic rings. The molecule has 0 aromatic heterocycles. The summed E-state index contributed by atoms with van der Waals surface area (Å²) in [5, 5.41) is 9.78. The largest absolute Gasteiger partial charge is 0.496 e. The van der Waals surface area contributed by atoms with Crippen molar-refractivity contribution in [1.82, 2.24) is 9.80 Å². The summed E-state index contributed by atoms with van der Waals surface area (Å²) in [6.45, 7) is 0.886. The lowest BCUT2D eigenvalue weighted by atomic mass is 9.96. The van der Waals surface area contributed by atoms with Crippen LogP contribution in [0.3, 0.4) is 0 Å². The summed E-state index contributed by atoms with van der Waals surface area (Å²) in [6.07, 6.45) is 0.360. The second kappa shape index (κ2) is 5.96. The molecule has 2 heterocycles. The van der Waals surface area contributed by atoms with Gasteiger partial charge in [-0.15, -0.1) is 0 Å². The first-order valence-corrected chi connectivity index (χ1v) is 7.48. The van der Waals surface area contributed by atoms with Crippen LogP contribution in [0.2, 0.25) is 0 Å². The van der Waals surface area contributed by atoms with E-state index < -0.39 is 12.1 Å². The molecule has 6 nitrogen and oxygen atoms in total. The number of benzene rings is 1. The first-order valence-electron chi connectivity index (χ1n) is 7.48. The van der Waals surface area contributed by atoms with Crippen LogP contribution in [0.15, 0.2) is 24.3 Å². The number of methoxy groups -OCH3 is 1. The number of para-hydroxylation sites is 1. The number of piperazine rings is 1. The molecule has 1 aromatic carbocycles. The highest BCUT2D eigenvalue weighted by Crippen LogP contribution is 2.26. The van der Waals surface area contributed by atoms with Gasteiger partial charge in [0.15, 0.2) is 0 Å². The number of rotatable bonds is 3. The molecule has 2 atom stereocenters. The Kier molecular flexibility index (Phi) is 4.02. The number of nitrogens with zero attached hydrogens (tertiary/aromatic N) is 2. The first kappa shape index (κ1) is 14.8. The fourth-order valence-corrected chi connectivity index (χ4v) is 3.20. The van der Waals surface area contributed by atoms with Crippen molar-refractivity contribution in [3.8, 4) is 5.75 Å². The lowest BCUT2D eigenvalue weighted by Gasteiger charge is -2.44. The number of carbonyl (C=O) groups excluding carboxylic acids is 2. The van der Waals surface area contributed by atoms with Crippen LogP contribution in [-0.4, -0.2) is 59.1 Å². The van der Waals surface area contributed by atoms with Crippen LogP contribution in [-0.2, 0) is 16.1 Å². The number of piperidine rings is 1. The van der Waals surface area contributed by atoms with Crippen molar-refractivity contribution in [2.24, 2.45) is 0 Å². The van der Waals surface area contributed by atoms with Crippen molar-refractivity contribution in [2.75, 3.05) is 20.2 Å². The van der Waals surface area contributed by atoms with E-state index in [2.05, 4.69) is 0 Å². The zero-order valence-corrected chi connectivity index (χ0v) is 12.6. The van der Waals surface area contributed by atoms with E-state index in [0.29, 0.717) is 31.7 Å². The third kappa shape index (κ3) is 2.66. The van der Waals surface area contributed by atoms with E-state index in [1.165, 1.54) is 0 Å². The maximum atomic E-state index is 12.6. The zero-order valence-electron chi connectivity index (χ0n) is 12.6.